The maximum absolute atomic E-state index is 15.0. The average Bonchev–Trinajstić information content (AvgIpc) is 3.34. The number of benzene rings is 2. The molecular weight excluding hydrogens is 542 g/mol. The summed E-state index contributed by atoms with van der Waals surface area (Å²) in [5, 5.41) is 10.0. The van der Waals surface area contributed by atoms with Gasteiger partial charge in [-0.15, -0.1) is 0 Å². The van der Waals surface area contributed by atoms with Gasteiger partial charge in [-0.05, 0) is 47.2 Å². The van der Waals surface area contributed by atoms with Gasteiger partial charge in [0.15, 0.2) is 0 Å². The zero-order valence-corrected chi connectivity index (χ0v) is 24.0. The van der Waals surface area contributed by atoms with Crippen molar-refractivity contribution in [2.24, 2.45) is 5.41 Å². The Kier molecular flexibility index (Phi) is 7.97. The van der Waals surface area contributed by atoms with Gasteiger partial charge in [-0.25, -0.2) is 4.39 Å². The molecule has 3 aliphatic heterocycles. The Labute approximate surface area is 238 Å². The van der Waals surface area contributed by atoms with E-state index >= 15 is 0 Å². The largest absolute Gasteiger partial charge is 0.379 e. The maximum atomic E-state index is 15.0. The zero-order valence-electron chi connectivity index (χ0n) is 22.5. The van der Waals surface area contributed by atoms with Gasteiger partial charge in [-0.3, -0.25) is 14.5 Å². The number of morpholine rings is 1. The third-order valence-corrected chi connectivity index (χ3v) is 8.55. The summed E-state index contributed by atoms with van der Waals surface area (Å²) in [6, 6.07) is 8.83. The Morgan fingerprint density at radius 2 is 1.95 bits per heavy atom. The van der Waals surface area contributed by atoms with Crippen molar-refractivity contribution < 1.29 is 18.7 Å². The molecule has 5 rings (SSSR count). The maximum Gasteiger partial charge on any atom is 0.237 e. The minimum absolute atomic E-state index is 0.0684. The van der Waals surface area contributed by atoms with Crippen molar-refractivity contribution in [2.45, 2.75) is 50.6 Å². The third kappa shape index (κ3) is 5.42. The van der Waals surface area contributed by atoms with Crippen LogP contribution in [0.2, 0.25) is 10.0 Å². The van der Waals surface area contributed by atoms with Crippen molar-refractivity contribution in [3.8, 4) is 0 Å². The normalized spacial score (nSPS) is 27.0. The molecule has 2 fully saturated rings. The predicted octanol–water partition coefficient (Wildman–Crippen LogP) is 4.33. The van der Waals surface area contributed by atoms with Gasteiger partial charge in [0.25, 0.3) is 0 Å². The standard InChI is InChI=1S/C29H35Cl2FN4O3/c1-28(2,3)16-23-29(19-14-21(32)20(31)15-22(19)34-27(29)38)24(17-5-4-6-18(30)13-17)25(35-23)26(37)33-7-8-36-9-11-39-12-10-36/h4-6,13-15,23-25,35H,7-12,16H2,1-3H3,(H,33,37)(H,34,38). The summed E-state index contributed by atoms with van der Waals surface area (Å²) < 4.78 is 20.4. The van der Waals surface area contributed by atoms with Crippen LogP contribution in [-0.4, -0.2) is 68.2 Å². The Balaban J connectivity index is 1.58. The molecular formula is C29H35Cl2FN4O3. The first-order valence-electron chi connectivity index (χ1n) is 13.4. The predicted molar refractivity (Wildman–Crippen MR) is 151 cm³/mol. The molecule has 2 amide bonds. The second kappa shape index (κ2) is 11.0. The topological polar surface area (TPSA) is 82.7 Å². The second-order valence-electron chi connectivity index (χ2n) is 11.9. The van der Waals surface area contributed by atoms with E-state index in [2.05, 4.69) is 41.6 Å². The van der Waals surface area contributed by atoms with Crippen molar-refractivity contribution in [3.05, 3.63) is 63.4 Å². The average molecular weight is 578 g/mol. The Hall–Kier alpha value is -2.23. The summed E-state index contributed by atoms with van der Waals surface area (Å²) in [6.07, 6.45) is 0.568. The van der Waals surface area contributed by atoms with Gasteiger partial charge in [0.05, 0.1) is 24.3 Å². The van der Waals surface area contributed by atoms with Crippen molar-refractivity contribution in [2.75, 3.05) is 44.7 Å². The van der Waals surface area contributed by atoms with Crippen LogP contribution in [0.3, 0.4) is 0 Å². The van der Waals surface area contributed by atoms with Crippen molar-refractivity contribution in [1.29, 1.82) is 0 Å². The van der Waals surface area contributed by atoms with Crippen LogP contribution in [0.5, 0.6) is 0 Å². The Bertz CT molecular complexity index is 1260. The van der Waals surface area contributed by atoms with E-state index in [-0.39, 0.29) is 22.3 Å². The number of halogens is 3. The lowest BCUT2D eigenvalue weighted by Gasteiger charge is -2.37. The van der Waals surface area contributed by atoms with Gasteiger partial charge in [0, 0.05) is 48.8 Å². The molecule has 3 aliphatic rings. The molecule has 4 atom stereocenters. The Morgan fingerprint density at radius 1 is 1.21 bits per heavy atom. The molecule has 0 aliphatic carbocycles. The molecule has 2 aromatic rings. The molecule has 7 nitrogen and oxygen atoms in total. The molecule has 39 heavy (non-hydrogen) atoms. The number of nitrogens with one attached hydrogen (secondary N) is 3. The van der Waals surface area contributed by atoms with Crippen LogP contribution in [0, 0.1) is 11.2 Å². The highest BCUT2D eigenvalue weighted by Gasteiger charge is 2.65. The number of nitrogens with zero attached hydrogens (tertiary/aromatic N) is 1. The minimum atomic E-state index is -1.26. The number of hydrogen-bond donors (Lipinski definition) is 3. The van der Waals surface area contributed by atoms with Crippen LogP contribution < -0.4 is 16.0 Å². The summed E-state index contributed by atoms with van der Waals surface area (Å²) in [4.78, 5) is 30.2. The van der Waals surface area contributed by atoms with E-state index in [9.17, 15) is 14.0 Å². The first kappa shape index (κ1) is 28.3. The lowest BCUT2D eigenvalue weighted by molar-refractivity contribution is -0.124. The Morgan fingerprint density at radius 3 is 2.64 bits per heavy atom. The van der Waals surface area contributed by atoms with Crippen molar-refractivity contribution in [1.82, 2.24) is 15.5 Å². The fourth-order valence-electron chi connectivity index (χ4n) is 6.41. The quantitative estimate of drug-likeness (QED) is 0.477. The van der Waals surface area contributed by atoms with Gasteiger partial charge in [-0.1, -0.05) is 56.1 Å². The first-order valence-corrected chi connectivity index (χ1v) is 14.2. The van der Waals surface area contributed by atoms with Crippen LogP contribution in [0.25, 0.3) is 0 Å². The summed E-state index contributed by atoms with van der Waals surface area (Å²) in [6.45, 7) is 10.4. The highest BCUT2D eigenvalue weighted by molar-refractivity contribution is 6.31. The van der Waals surface area contributed by atoms with E-state index in [0.717, 1.165) is 18.7 Å². The van der Waals surface area contributed by atoms with Crippen LogP contribution in [0.1, 0.15) is 44.2 Å². The molecule has 0 bridgehead atoms. The lowest BCUT2D eigenvalue weighted by Crippen LogP contribution is -2.49. The number of hydrogen-bond acceptors (Lipinski definition) is 5. The number of amides is 2. The SMILES string of the molecule is CC(C)(C)CC1NC(C(=O)NCCN2CCOCC2)C(c2cccc(Cl)c2)C12C(=O)Nc1cc(Cl)c(F)cc12. The van der Waals surface area contributed by atoms with E-state index in [1.54, 1.807) is 12.1 Å². The lowest BCUT2D eigenvalue weighted by atomic mass is 9.62. The van der Waals surface area contributed by atoms with Crippen LogP contribution in [-0.2, 0) is 19.7 Å². The van der Waals surface area contributed by atoms with Crippen LogP contribution in [0.15, 0.2) is 36.4 Å². The summed E-state index contributed by atoms with van der Waals surface area (Å²) in [5.74, 6) is -1.74. The van der Waals surface area contributed by atoms with Gasteiger partial charge >= 0.3 is 0 Å². The van der Waals surface area contributed by atoms with E-state index in [1.165, 1.54) is 12.1 Å². The van der Waals surface area contributed by atoms with E-state index < -0.39 is 29.2 Å². The molecule has 2 aromatic carbocycles. The molecule has 2 saturated heterocycles. The molecule has 0 radical (unpaired) electrons. The zero-order chi connectivity index (χ0) is 27.9. The fraction of sp³-hybridized carbons (Fsp3) is 0.517. The van der Waals surface area contributed by atoms with Gasteiger partial charge in [0.2, 0.25) is 11.8 Å². The van der Waals surface area contributed by atoms with Crippen LogP contribution >= 0.6 is 23.2 Å². The molecule has 0 aromatic heterocycles. The summed E-state index contributed by atoms with van der Waals surface area (Å²) >= 11 is 12.5. The second-order valence-corrected chi connectivity index (χ2v) is 12.7. The van der Waals surface area contributed by atoms with Crippen molar-refractivity contribution in [3.63, 3.8) is 0 Å². The molecule has 0 saturated carbocycles. The first-order chi connectivity index (χ1) is 18.5. The van der Waals surface area contributed by atoms with E-state index in [4.69, 9.17) is 27.9 Å². The van der Waals surface area contributed by atoms with Gasteiger partial charge < -0.3 is 20.7 Å². The molecule has 3 N–H and O–H groups in total. The van der Waals surface area contributed by atoms with Crippen molar-refractivity contribution >= 4 is 40.7 Å². The minimum Gasteiger partial charge on any atom is -0.379 e. The highest BCUT2D eigenvalue weighted by atomic mass is 35.5. The highest BCUT2D eigenvalue weighted by Crippen LogP contribution is 2.57. The number of carbonyl (C=O) groups excluding carboxylic acids is 2. The van der Waals surface area contributed by atoms with E-state index in [0.29, 0.717) is 49.0 Å². The molecule has 3 heterocycles. The number of ether oxygens (including phenoxy) is 1. The van der Waals surface area contributed by atoms with Crippen LogP contribution in [0.4, 0.5) is 10.1 Å². The number of rotatable bonds is 6. The monoisotopic (exact) mass is 576 g/mol. The molecule has 210 valence electrons. The molecule has 1 spiro atoms. The summed E-state index contributed by atoms with van der Waals surface area (Å²) in [7, 11) is 0. The molecule has 4 unspecified atom stereocenters. The number of fused-ring (bicyclic) bond motifs is 2. The number of anilines is 1. The summed E-state index contributed by atoms with van der Waals surface area (Å²) in [5.41, 5.74) is 0.250. The van der Waals surface area contributed by atoms with E-state index in [1.807, 2.05) is 12.1 Å². The van der Waals surface area contributed by atoms with Gasteiger partial charge in [-0.2, -0.15) is 0 Å². The number of carbonyl (C=O) groups is 2. The van der Waals surface area contributed by atoms with Gasteiger partial charge in [0.1, 0.15) is 11.2 Å². The smallest absolute Gasteiger partial charge is 0.237 e. The third-order valence-electron chi connectivity index (χ3n) is 8.02. The fourth-order valence-corrected chi connectivity index (χ4v) is 6.77. The molecule has 10 heteroatoms.